The quantitative estimate of drug-likeness (QED) is 0.114. The number of amides is 1. The van der Waals surface area contributed by atoms with Crippen molar-refractivity contribution in [3.8, 4) is 22.9 Å². The van der Waals surface area contributed by atoms with Crippen molar-refractivity contribution in [2.75, 3.05) is 7.11 Å². The summed E-state index contributed by atoms with van der Waals surface area (Å²) in [4.78, 5) is 12.8. The minimum absolute atomic E-state index is 0.0979. The molecule has 9 heteroatoms. The van der Waals surface area contributed by atoms with Gasteiger partial charge in [-0.3, -0.25) is 4.79 Å². The van der Waals surface area contributed by atoms with Crippen LogP contribution in [0, 0.1) is 13.8 Å². The first-order valence-electron chi connectivity index (χ1n) is 14.7. The molecule has 0 saturated heterocycles. The smallest absolute Gasteiger partial charge is 0.307 e. The highest BCUT2D eigenvalue weighted by atomic mass is 35.5. The van der Waals surface area contributed by atoms with Crippen molar-refractivity contribution < 1.29 is 23.4 Å². The van der Waals surface area contributed by atoms with Crippen LogP contribution in [0.4, 0.5) is 0 Å². The second-order valence-electron chi connectivity index (χ2n) is 10.7. The fraction of sp³-hybridized carbons (Fsp3) is 0.135. The first-order valence-corrected chi connectivity index (χ1v) is 15.0. The molecule has 2 heterocycles. The van der Waals surface area contributed by atoms with Crippen LogP contribution in [0.25, 0.3) is 16.5 Å². The maximum Gasteiger partial charge on any atom is 0.307 e. The van der Waals surface area contributed by atoms with Crippen molar-refractivity contribution in [3.05, 3.63) is 142 Å². The van der Waals surface area contributed by atoms with Gasteiger partial charge in [-0.25, -0.2) is 5.43 Å². The normalized spacial score (nSPS) is 11.2. The first-order chi connectivity index (χ1) is 22.4. The summed E-state index contributed by atoms with van der Waals surface area (Å²) in [6.45, 7) is 4.60. The Balaban J connectivity index is 1.08. The van der Waals surface area contributed by atoms with Crippen LogP contribution >= 0.6 is 11.6 Å². The number of hydrogen-bond donors (Lipinski definition) is 1. The molecule has 1 amide bonds. The molecule has 2 aromatic heterocycles. The SMILES string of the molecule is COc1cc(Cl)cc(C=NNC(=O)c2ccc(COc3ccc(-n4c(C)ccc4C)cc3)o2)c1OCc1cccc2ccccc12. The van der Waals surface area contributed by atoms with Gasteiger partial charge in [-0.05, 0) is 84.8 Å². The molecule has 1 N–H and O–H groups in total. The first kappa shape index (κ1) is 30.6. The molecule has 46 heavy (non-hydrogen) atoms. The number of rotatable bonds is 11. The molecule has 6 aromatic rings. The Morgan fingerprint density at radius 1 is 0.891 bits per heavy atom. The Labute approximate surface area is 271 Å². The highest BCUT2D eigenvalue weighted by Gasteiger charge is 2.15. The molecule has 0 spiro atoms. The van der Waals surface area contributed by atoms with Crippen molar-refractivity contribution in [2.45, 2.75) is 27.1 Å². The fourth-order valence-electron chi connectivity index (χ4n) is 5.27. The van der Waals surface area contributed by atoms with E-state index in [1.807, 2.05) is 48.5 Å². The van der Waals surface area contributed by atoms with Gasteiger partial charge in [-0.2, -0.15) is 5.10 Å². The third-order valence-electron chi connectivity index (χ3n) is 7.52. The van der Waals surface area contributed by atoms with E-state index in [0.29, 0.717) is 40.2 Å². The van der Waals surface area contributed by atoms with E-state index >= 15 is 0 Å². The Hall–Kier alpha value is -5.47. The number of carbonyl (C=O) groups is 1. The molecule has 0 aliphatic rings. The van der Waals surface area contributed by atoms with E-state index in [0.717, 1.165) is 33.4 Å². The molecule has 0 unspecified atom stereocenters. The molecule has 0 saturated carbocycles. The zero-order chi connectivity index (χ0) is 32.0. The number of furan rings is 1. The number of hydrazone groups is 1. The lowest BCUT2D eigenvalue weighted by Gasteiger charge is -2.15. The van der Waals surface area contributed by atoms with Gasteiger partial charge in [0.25, 0.3) is 0 Å². The molecule has 0 atom stereocenters. The Morgan fingerprint density at radius 3 is 2.43 bits per heavy atom. The number of hydrogen-bond acceptors (Lipinski definition) is 6. The van der Waals surface area contributed by atoms with Gasteiger partial charge in [0, 0.05) is 33.7 Å². The van der Waals surface area contributed by atoms with Gasteiger partial charge in [-0.15, -0.1) is 0 Å². The average Bonchev–Trinajstić information content (AvgIpc) is 3.69. The number of aromatic nitrogens is 1. The molecule has 0 aliphatic heterocycles. The van der Waals surface area contributed by atoms with Crippen molar-refractivity contribution in [1.82, 2.24) is 9.99 Å². The Bertz CT molecular complexity index is 2000. The second-order valence-corrected chi connectivity index (χ2v) is 11.1. The maximum atomic E-state index is 12.8. The maximum absolute atomic E-state index is 12.8. The summed E-state index contributed by atoms with van der Waals surface area (Å²) in [6.07, 6.45) is 1.46. The summed E-state index contributed by atoms with van der Waals surface area (Å²) in [5.41, 5.74) is 7.43. The number of aryl methyl sites for hydroxylation is 2. The number of halogens is 1. The van der Waals surface area contributed by atoms with E-state index in [9.17, 15) is 4.79 Å². The summed E-state index contributed by atoms with van der Waals surface area (Å²) in [7, 11) is 1.54. The summed E-state index contributed by atoms with van der Waals surface area (Å²) < 4.78 is 25.5. The molecule has 8 nitrogen and oxygen atoms in total. The molecule has 6 rings (SSSR count). The summed E-state index contributed by atoms with van der Waals surface area (Å²) in [5, 5.41) is 6.78. The van der Waals surface area contributed by atoms with Gasteiger partial charge in [0.2, 0.25) is 0 Å². The monoisotopic (exact) mass is 633 g/mol. The predicted molar refractivity (Wildman–Crippen MR) is 180 cm³/mol. The minimum Gasteiger partial charge on any atom is -0.493 e. The molecule has 4 aromatic carbocycles. The van der Waals surface area contributed by atoms with Crippen molar-refractivity contribution in [1.29, 1.82) is 0 Å². The van der Waals surface area contributed by atoms with Gasteiger partial charge in [-0.1, -0.05) is 54.1 Å². The van der Waals surface area contributed by atoms with Crippen LogP contribution in [0.2, 0.25) is 5.02 Å². The topological polar surface area (TPSA) is 87.2 Å². The summed E-state index contributed by atoms with van der Waals surface area (Å²) in [6, 6.07) is 32.8. The van der Waals surface area contributed by atoms with Crippen LogP contribution in [-0.4, -0.2) is 23.8 Å². The van der Waals surface area contributed by atoms with Crippen molar-refractivity contribution >= 4 is 34.5 Å². The van der Waals surface area contributed by atoms with Crippen molar-refractivity contribution in [3.63, 3.8) is 0 Å². The van der Waals surface area contributed by atoms with Crippen LogP contribution in [0.5, 0.6) is 17.2 Å². The summed E-state index contributed by atoms with van der Waals surface area (Å²) >= 11 is 6.34. The number of benzene rings is 4. The third kappa shape index (κ3) is 6.77. The number of nitrogens with zero attached hydrogens (tertiary/aromatic N) is 2. The van der Waals surface area contributed by atoms with E-state index in [4.69, 9.17) is 30.2 Å². The predicted octanol–water partition coefficient (Wildman–Crippen LogP) is 8.42. The molecule has 0 fully saturated rings. The molecule has 0 radical (unpaired) electrons. The van der Waals surface area contributed by atoms with Gasteiger partial charge in [0.1, 0.15) is 24.7 Å². The summed E-state index contributed by atoms with van der Waals surface area (Å²) in [5.74, 6) is 1.66. The molecular formula is C37H32ClN3O5. The fourth-order valence-corrected chi connectivity index (χ4v) is 5.49. The number of carbonyl (C=O) groups excluding carboxylic acids is 1. The third-order valence-corrected chi connectivity index (χ3v) is 7.74. The van der Waals surface area contributed by atoms with E-state index in [1.54, 1.807) is 24.3 Å². The van der Waals surface area contributed by atoms with Crippen LogP contribution in [-0.2, 0) is 13.2 Å². The standard InChI is InChI=1S/C37H32ClN3O5/c1-24-11-12-25(2)41(24)30-13-15-31(16-14-30)44-23-32-17-18-34(46-32)37(42)40-39-21-28-19-29(38)20-35(43-3)36(28)45-22-27-9-6-8-26-7-4-5-10-33(26)27/h4-21H,22-23H2,1-3H3,(H,40,42). The lowest BCUT2D eigenvalue weighted by atomic mass is 10.1. The molecule has 0 aliphatic carbocycles. The number of methoxy groups -OCH3 is 1. The average molecular weight is 634 g/mol. The zero-order valence-electron chi connectivity index (χ0n) is 25.6. The number of fused-ring (bicyclic) bond motifs is 1. The minimum atomic E-state index is -0.517. The molecular weight excluding hydrogens is 602 g/mol. The van der Waals surface area contributed by atoms with E-state index in [-0.39, 0.29) is 12.4 Å². The Kier molecular flexibility index (Phi) is 9.08. The highest BCUT2D eigenvalue weighted by Crippen LogP contribution is 2.35. The zero-order valence-corrected chi connectivity index (χ0v) is 26.4. The van der Waals surface area contributed by atoms with E-state index in [2.05, 4.69) is 59.3 Å². The largest absolute Gasteiger partial charge is 0.493 e. The van der Waals surface area contributed by atoms with Crippen molar-refractivity contribution in [2.24, 2.45) is 5.10 Å². The van der Waals surface area contributed by atoms with E-state index < -0.39 is 5.91 Å². The number of ether oxygens (including phenoxy) is 3. The molecule has 0 bridgehead atoms. The van der Waals surface area contributed by atoms with Crippen LogP contribution < -0.4 is 19.6 Å². The van der Waals surface area contributed by atoms with Gasteiger partial charge < -0.3 is 23.2 Å². The number of nitrogens with one attached hydrogen (secondary N) is 1. The van der Waals surface area contributed by atoms with Gasteiger partial charge in [0.15, 0.2) is 17.3 Å². The van der Waals surface area contributed by atoms with Gasteiger partial charge >= 0.3 is 5.91 Å². The van der Waals surface area contributed by atoms with Crippen LogP contribution in [0.3, 0.4) is 0 Å². The van der Waals surface area contributed by atoms with Gasteiger partial charge in [0.05, 0.1) is 13.3 Å². The van der Waals surface area contributed by atoms with Crippen LogP contribution in [0.1, 0.15) is 38.8 Å². The lowest BCUT2D eigenvalue weighted by molar-refractivity contribution is 0.0923. The Morgan fingerprint density at radius 2 is 1.65 bits per heavy atom. The highest BCUT2D eigenvalue weighted by molar-refractivity contribution is 6.31. The van der Waals surface area contributed by atoms with E-state index in [1.165, 1.54) is 13.3 Å². The van der Waals surface area contributed by atoms with Crippen LogP contribution in [0.15, 0.2) is 113 Å². The molecule has 232 valence electrons. The lowest BCUT2D eigenvalue weighted by Crippen LogP contribution is -2.17. The second kappa shape index (κ2) is 13.7.